The third kappa shape index (κ3) is 3.92. The van der Waals surface area contributed by atoms with E-state index in [-0.39, 0.29) is 16.2 Å². The SMILES string of the molecule is CN(Cc1cc(Br)cs1)C(=O)c1cc(Cl)nc(Cl)c1. The third-order valence-corrected chi connectivity index (χ3v) is 4.44. The van der Waals surface area contributed by atoms with Crippen LogP contribution < -0.4 is 0 Å². The van der Waals surface area contributed by atoms with Gasteiger partial charge in [0.05, 0.1) is 6.54 Å². The number of pyridine rings is 1. The van der Waals surface area contributed by atoms with Gasteiger partial charge in [0.25, 0.3) is 5.91 Å². The van der Waals surface area contributed by atoms with Crippen LogP contribution in [0.4, 0.5) is 0 Å². The predicted octanol–water partition coefficient (Wildman–Crippen LogP) is 4.48. The Labute approximate surface area is 133 Å². The van der Waals surface area contributed by atoms with E-state index in [1.165, 1.54) is 12.1 Å². The van der Waals surface area contributed by atoms with Crippen LogP contribution in [0.3, 0.4) is 0 Å². The number of thiophene rings is 1. The summed E-state index contributed by atoms with van der Waals surface area (Å²) in [5.74, 6) is -0.143. The molecule has 0 fully saturated rings. The first-order valence-electron chi connectivity index (χ1n) is 5.27. The summed E-state index contributed by atoms with van der Waals surface area (Å²) in [7, 11) is 1.73. The Balaban J connectivity index is 2.14. The van der Waals surface area contributed by atoms with Gasteiger partial charge in [-0.2, -0.15) is 0 Å². The Morgan fingerprint density at radius 2 is 2.00 bits per heavy atom. The van der Waals surface area contributed by atoms with Crippen LogP contribution in [-0.2, 0) is 6.54 Å². The van der Waals surface area contributed by atoms with E-state index < -0.39 is 0 Å². The van der Waals surface area contributed by atoms with Crippen molar-refractivity contribution in [1.29, 1.82) is 0 Å². The fourth-order valence-electron chi connectivity index (χ4n) is 1.55. The second-order valence-corrected chi connectivity index (χ2v) is 6.58. The van der Waals surface area contributed by atoms with Crippen LogP contribution in [-0.4, -0.2) is 22.8 Å². The van der Waals surface area contributed by atoms with Gasteiger partial charge in [-0.1, -0.05) is 23.2 Å². The first-order chi connectivity index (χ1) is 8.95. The average molecular weight is 380 g/mol. The van der Waals surface area contributed by atoms with Crippen molar-refractivity contribution in [3.05, 3.63) is 48.8 Å². The second kappa shape index (κ2) is 6.22. The number of nitrogens with zero attached hydrogens (tertiary/aromatic N) is 2. The van der Waals surface area contributed by atoms with E-state index in [4.69, 9.17) is 23.2 Å². The molecule has 2 aromatic rings. The molecule has 0 spiro atoms. The maximum atomic E-state index is 12.2. The van der Waals surface area contributed by atoms with Gasteiger partial charge in [-0.3, -0.25) is 4.79 Å². The molecule has 0 atom stereocenters. The van der Waals surface area contributed by atoms with E-state index >= 15 is 0 Å². The number of amides is 1. The molecule has 1 amide bonds. The largest absolute Gasteiger partial charge is 0.337 e. The number of aromatic nitrogens is 1. The Hall–Kier alpha value is -0.620. The molecule has 0 radical (unpaired) electrons. The lowest BCUT2D eigenvalue weighted by Gasteiger charge is -2.16. The minimum Gasteiger partial charge on any atom is -0.337 e. The fourth-order valence-corrected chi connectivity index (χ4v) is 3.51. The van der Waals surface area contributed by atoms with E-state index in [0.717, 1.165) is 9.35 Å². The molecule has 0 bridgehead atoms. The smallest absolute Gasteiger partial charge is 0.254 e. The Kier molecular flexibility index (Phi) is 4.84. The van der Waals surface area contributed by atoms with Crippen molar-refractivity contribution in [3.8, 4) is 0 Å². The summed E-state index contributed by atoms with van der Waals surface area (Å²) in [5, 5.41) is 2.40. The van der Waals surface area contributed by atoms with Crippen LogP contribution in [0.15, 0.2) is 28.1 Å². The van der Waals surface area contributed by atoms with Gasteiger partial charge in [0.15, 0.2) is 0 Å². The molecule has 100 valence electrons. The zero-order valence-electron chi connectivity index (χ0n) is 9.86. The molecule has 3 nitrogen and oxygen atoms in total. The molecule has 2 rings (SSSR count). The lowest BCUT2D eigenvalue weighted by molar-refractivity contribution is 0.0786. The normalized spacial score (nSPS) is 10.5. The molecule has 0 aliphatic carbocycles. The van der Waals surface area contributed by atoms with E-state index in [9.17, 15) is 4.79 Å². The van der Waals surface area contributed by atoms with E-state index in [2.05, 4.69) is 20.9 Å². The quantitative estimate of drug-likeness (QED) is 0.736. The molecule has 0 aliphatic heterocycles. The lowest BCUT2D eigenvalue weighted by atomic mass is 10.2. The fraction of sp³-hybridized carbons (Fsp3) is 0.167. The first kappa shape index (κ1) is 14.8. The molecule has 0 unspecified atom stereocenters. The van der Waals surface area contributed by atoms with Crippen LogP contribution in [0, 0.1) is 0 Å². The topological polar surface area (TPSA) is 33.2 Å². The Morgan fingerprint density at radius 3 is 2.53 bits per heavy atom. The second-order valence-electron chi connectivity index (χ2n) is 3.89. The van der Waals surface area contributed by atoms with Gasteiger partial charge >= 0.3 is 0 Å². The molecular formula is C12H9BrCl2N2OS. The first-order valence-corrected chi connectivity index (χ1v) is 7.70. The predicted molar refractivity (Wildman–Crippen MR) is 82.1 cm³/mol. The van der Waals surface area contributed by atoms with Gasteiger partial charge in [-0.05, 0) is 34.1 Å². The van der Waals surface area contributed by atoms with Crippen LogP contribution in [0.1, 0.15) is 15.2 Å². The summed E-state index contributed by atoms with van der Waals surface area (Å²) >= 11 is 16.6. The summed E-state index contributed by atoms with van der Waals surface area (Å²) in [4.78, 5) is 18.8. The molecule has 2 heterocycles. The summed E-state index contributed by atoms with van der Waals surface area (Å²) in [6.07, 6.45) is 0. The van der Waals surface area contributed by atoms with Crippen LogP contribution in [0.2, 0.25) is 10.3 Å². The van der Waals surface area contributed by atoms with Crippen LogP contribution in [0.5, 0.6) is 0 Å². The van der Waals surface area contributed by atoms with Crippen LogP contribution >= 0.6 is 50.5 Å². The maximum absolute atomic E-state index is 12.2. The van der Waals surface area contributed by atoms with Crippen molar-refractivity contribution in [2.75, 3.05) is 7.05 Å². The highest BCUT2D eigenvalue weighted by atomic mass is 79.9. The molecule has 0 saturated carbocycles. The van der Waals surface area contributed by atoms with Gasteiger partial charge in [-0.15, -0.1) is 11.3 Å². The van der Waals surface area contributed by atoms with Gasteiger partial charge in [-0.25, -0.2) is 4.98 Å². The van der Waals surface area contributed by atoms with Gasteiger partial charge in [0.1, 0.15) is 10.3 Å². The van der Waals surface area contributed by atoms with E-state index in [0.29, 0.717) is 12.1 Å². The van der Waals surface area contributed by atoms with Crippen molar-refractivity contribution < 1.29 is 4.79 Å². The summed E-state index contributed by atoms with van der Waals surface area (Å²) in [5.41, 5.74) is 0.433. The van der Waals surface area contributed by atoms with E-state index in [1.54, 1.807) is 23.3 Å². The molecule has 0 N–H and O–H groups in total. The summed E-state index contributed by atoms with van der Waals surface area (Å²) in [6.45, 7) is 0.534. The van der Waals surface area contributed by atoms with Gasteiger partial charge < -0.3 is 4.90 Å². The highest BCUT2D eigenvalue weighted by Gasteiger charge is 2.14. The zero-order valence-corrected chi connectivity index (χ0v) is 13.8. The zero-order chi connectivity index (χ0) is 14.0. The molecule has 0 aliphatic rings. The molecular weight excluding hydrogens is 371 g/mol. The standard InChI is InChI=1S/C12H9BrCl2N2OS/c1-17(5-9-4-8(13)6-19-9)12(18)7-2-10(14)16-11(15)3-7/h2-4,6H,5H2,1H3. The summed E-state index contributed by atoms with van der Waals surface area (Å²) in [6, 6.07) is 5.01. The summed E-state index contributed by atoms with van der Waals surface area (Å²) < 4.78 is 1.02. The minimum absolute atomic E-state index is 0.143. The lowest BCUT2D eigenvalue weighted by Crippen LogP contribution is -2.25. The highest BCUT2D eigenvalue weighted by Crippen LogP contribution is 2.22. The van der Waals surface area contributed by atoms with Crippen molar-refractivity contribution in [3.63, 3.8) is 0 Å². The van der Waals surface area contributed by atoms with E-state index in [1.807, 2.05) is 11.4 Å². The van der Waals surface area contributed by atoms with Crippen molar-refractivity contribution >= 4 is 56.4 Å². The number of carbonyl (C=O) groups is 1. The van der Waals surface area contributed by atoms with Gasteiger partial charge in [0, 0.05) is 27.3 Å². The molecule has 7 heteroatoms. The molecule has 2 aromatic heterocycles. The number of hydrogen-bond acceptors (Lipinski definition) is 3. The molecule has 0 saturated heterocycles. The Morgan fingerprint density at radius 1 is 1.37 bits per heavy atom. The molecule has 0 aromatic carbocycles. The van der Waals surface area contributed by atoms with Crippen molar-refractivity contribution in [2.24, 2.45) is 0 Å². The monoisotopic (exact) mass is 378 g/mol. The number of halogens is 3. The van der Waals surface area contributed by atoms with Crippen molar-refractivity contribution in [2.45, 2.75) is 6.54 Å². The highest BCUT2D eigenvalue weighted by molar-refractivity contribution is 9.10. The third-order valence-electron chi connectivity index (χ3n) is 2.37. The minimum atomic E-state index is -0.143. The maximum Gasteiger partial charge on any atom is 0.254 e. The number of hydrogen-bond donors (Lipinski definition) is 0. The molecule has 19 heavy (non-hydrogen) atoms. The number of rotatable bonds is 3. The average Bonchev–Trinajstić information content (AvgIpc) is 2.72. The van der Waals surface area contributed by atoms with Crippen molar-refractivity contribution in [1.82, 2.24) is 9.88 Å². The Bertz CT molecular complexity index is 597. The number of carbonyl (C=O) groups excluding carboxylic acids is 1. The van der Waals surface area contributed by atoms with Gasteiger partial charge in [0.2, 0.25) is 0 Å². The van der Waals surface area contributed by atoms with Crippen LogP contribution in [0.25, 0.3) is 0 Å².